The molecule has 1 heterocycles. The molecule has 1 saturated heterocycles. The van der Waals surface area contributed by atoms with Crippen molar-refractivity contribution in [2.75, 3.05) is 31.1 Å². The molecule has 2 aliphatic rings. The Labute approximate surface area is 159 Å². The molecule has 1 aliphatic heterocycles. The van der Waals surface area contributed by atoms with Gasteiger partial charge in [-0.05, 0) is 48.2 Å². The molecular weight excluding hydrogens is 343 g/mol. The Kier molecular flexibility index (Phi) is 4.87. The quantitative estimate of drug-likeness (QED) is 0.754. The molecular formula is C22H25FN2O2. The topological polar surface area (TPSA) is 32.8 Å². The van der Waals surface area contributed by atoms with E-state index in [1.807, 2.05) is 12.1 Å². The van der Waals surface area contributed by atoms with Crippen molar-refractivity contribution in [2.45, 2.75) is 31.9 Å². The lowest BCUT2D eigenvalue weighted by Crippen LogP contribution is -2.45. The molecule has 2 aromatic carbocycles. The Morgan fingerprint density at radius 2 is 1.63 bits per heavy atom. The van der Waals surface area contributed by atoms with E-state index in [1.165, 1.54) is 24.6 Å². The maximum absolute atomic E-state index is 13.1. The Bertz CT molecular complexity index is 792. The van der Waals surface area contributed by atoms with Gasteiger partial charge in [-0.15, -0.1) is 0 Å². The lowest BCUT2D eigenvalue weighted by atomic mass is 10.0. The van der Waals surface area contributed by atoms with Crippen LogP contribution in [-0.4, -0.2) is 37.0 Å². The smallest absolute Gasteiger partial charge is 0.303 e. The van der Waals surface area contributed by atoms with Crippen molar-refractivity contribution in [2.24, 2.45) is 0 Å². The van der Waals surface area contributed by atoms with E-state index in [2.05, 4.69) is 34.1 Å². The van der Waals surface area contributed by atoms with Gasteiger partial charge < -0.3 is 9.64 Å². The van der Waals surface area contributed by atoms with Crippen molar-refractivity contribution in [3.8, 4) is 0 Å². The number of benzene rings is 2. The monoisotopic (exact) mass is 368 g/mol. The minimum Gasteiger partial charge on any atom is -0.454 e. The maximum Gasteiger partial charge on any atom is 0.303 e. The van der Waals surface area contributed by atoms with Gasteiger partial charge in [-0.3, -0.25) is 9.69 Å². The second kappa shape index (κ2) is 7.31. The van der Waals surface area contributed by atoms with Crippen molar-refractivity contribution in [3.05, 3.63) is 65.5 Å². The summed E-state index contributed by atoms with van der Waals surface area (Å²) >= 11 is 0. The third-order valence-electron chi connectivity index (χ3n) is 5.49. The summed E-state index contributed by atoms with van der Waals surface area (Å²) in [4.78, 5) is 16.0. The highest BCUT2D eigenvalue weighted by Gasteiger charge is 2.47. The Hall–Kier alpha value is -2.40. The van der Waals surface area contributed by atoms with Gasteiger partial charge in [0.1, 0.15) is 11.4 Å². The first-order chi connectivity index (χ1) is 13.0. The van der Waals surface area contributed by atoms with Crippen LogP contribution in [0.1, 0.15) is 30.9 Å². The third-order valence-corrected chi connectivity index (χ3v) is 5.49. The molecule has 0 unspecified atom stereocenters. The van der Waals surface area contributed by atoms with Gasteiger partial charge >= 0.3 is 5.97 Å². The van der Waals surface area contributed by atoms with Crippen LogP contribution in [0.5, 0.6) is 0 Å². The molecule has 142 valence electrons. The molecule has 5 heteroatoms. The summed E-state index contributed by atoms with van der Waals surface area (Å²) < 4.78 is 18.6. The number of piperazine rings is 1. The van der Waals surface area contributed by atoms with Crippen LogP contribution in [0.25, 0.3) is 0 Å². The summed E-state index contributed by atoms with van der Waals surface area (Å²) in [7, 11) is 0. The highest BCUT2D eigenvalue weighted by molar-refractivity contribution is 5.67. The minimum atomic E-state index is -0.370. The van der Waals surface area contributed by atoms with Crippen LogP contribution in [0.2, 0.25) is 0 Å². The first-order valence-electron chi connectivity index (χ1n) is 9.56. The van der Waals surface area contributed by atoms with Crippen LogP contribution >= 0.6 is 0 Å². The summed E-state index contributed by atoms with van der Waals surface area (Å²) in [5.74, 6) is -0.405. The van der Waals surface area contributed by atoms with E-state index < -0.39 is 0 Å². The van der Waals surface area contributed by atoms with Gasteiger partial charge in [0, 0.05) is 45.3 Å². The predicted molar refractivity (Wildman–Crippen MR) is 103 cm³/mol. The summed E-state index contributed by atoms with van der Waals surface area (Å²) in [5.41, 5.74) is 3.08. The molecule has 0 N–H and O–H groups in total. The van der Waals surface area contributed by atoms with Crippen LogP contribution in [0.15, 0.2) is 48.5 Å². The first-order valence-corrected chi connectivity index (χ1v) is 9.56. The second-order valence-corrected chi connectivity index (χ2v) is 7.52. The molecule has 0 radical (unpaired) electrons. The summed E-state index contributed by atoms with van der Waals surface area (Å²) in [6, 6.07) is 15.2. The predicted octanol–water partition coefficient (Wildman–Crippen LogP) is 3.70. The molecule has 1 saturated carbocycles. The number of ether oxygens (including phenoxy) is 1. The zero-order valence-electron chi connectivity index (χ0n) is 15.7. The fourth-order valence-corrected chi connectivity index (χ4v) is 3.83. The number of esters is 1. The average Bonchev–Trinajstić information content (AvgIpc) is 3.43. The van der Waals surface area contributed by atoms with E-state index in [0.717, 1.165) is 56.8 Å². The highest BCUT2D eigenvalue weighted by Crippen LogP contribution is 2.49. The molecule has 0 atom stereocenters. The van der Waals surface area contributed by atoms with Crippen LogP contribution in [-0.2, 0) is 21.7 Å². The van der Waals surface area contributed by atoms with Gasteiger partial charge in [-0.25, -0.2) is 4.39 Å². The number of hydrogen-bond donors (Lipinski definition) is 0. The number of carbonyl (C=O) groups excluding carboxylic acids is 1. The Morgan fingerprint density at radius 1 is 1.00 bits per heavy atom. The second-order valence-electron chi connectivity index (χ2n) is 7.52. The van der Waals surface area contributed by atoms with Crippen LogP contribution < -0.4 is 4.90 Å². The van der Waals surface area contributed by atoms with Crippen molar-refractivity contribution in [1.29, 1.82) is 0 Å². The first kappa shape index (κ1) is 18.0. The van der Waals surface area contributed by atoms with Crippen molar-refractivity contribution < 1.29 is 13.9 Å². The van der Waals surface area contributed by atoms with E-state index in [9.17, 15) is 9.18 Å². The number of carbonyl (C=O) groups is 1. The molecule has 4 nitrogen and oxygen atoms in total. The largest absolute Gasteiger partial charge is 0.454 e. The zero-order valence-corrected chi connectivity index (χ0v) is 15.7. The molecule has 4 rings (SSSR count). The van der Waals surface area contributed by atoms with Gasteiger partial charge in [0.05, 0.1) is 0 Å². The summed E-state index contributed by atoms with van der Waals surface area (Å²) in [6.45, 7) is 6.24. The van der Waals surface area contributed by atoms with Crippen molar-refractivity contribution in [1.82, 2.24) is 4.90 Å². The lowest BCUT2D eigenvalue weighted by molar-refractivity contribution is -0.149. The summed E-state index contributed by atoms with van der Waals surface area (Å²) in [5, 5.41) is 0. The molecule has 0 bridgehead atoms. The van der Waals surface area contributed by atoms with Gasteiger partial charge in [-0.1, -0.05) is 24.3 Å². The summed E-state index contributed by atoms with van der Waals surface area (Å²) in [6.07, 6.45) is 1.83. The molecule has 2 fully saturated rings. The molecule has 0 spiro atoms. The molecule has 2 aromatic rings. The van der Waals surface area contributed by atoms with E-state index >= 15 is 0 Å². The van der Waals surface area contributed by atoms with E-state index in [1.54, 1.807) is 0 Å². The van der Waals surface area contributed by atoms with Crippen LogP contribution in [0, 0.1) is 5.82 Å². The van der Waals surface area contributed by atoms with Gasteiger partial charge in [-0.2, -0.15) is 0 Å². The number of anilines is 1. The number of rotatable bonds is 5. The highest BCUT2D eigenvalue weighted by atomic mass is 19.1. The average molecular weight is 368 g/mol. The Morgan fingerprint density at radius 3 is 2.19 bits per heavy atom. The van der Waals surface area contributed by atoms with E-state index in [4.69, 9.17) is 4.74 Å². The van der Waals surface area contributed by atoms with Crippen LogP contribution in [0.4, 0.5) is 10.1 Å². The van der Waals surface area contributed by atoms with Gasteiger partial charge in [0.25, 0.3) is 0 Å². The standard InChI is InChI=1S/C22H25FN2O2/c1-17(26)27-22(10-11-22)19-4-2-18(3-5-19)16-24-12-14-25(15-13-24)21-8-6-20(23)7-9-21/h2-9H,10-16H2,1H3. The third kappa shape index (κ3) is 4.14. The maximum atomic E-state index is 13.1. The van der Waals surface area contributed by atoms with Gasteiger partial charge in [0.15, 0.2) is 0 Å². The minimum absolute atomic E-state index is 0.192. The van der Waals surface area contributed by atoms with Crippen molar-refractivity contribution in [3.63, 3.8) is 0 Å². The fourth-order valence-electron chi connectivity index (χ4n) is 3.83. The molecule has 1 aliphatic carbocycles. The van der Waals surface area contributed by atoms with Crippen LogP contribution in [0.3, 0.4) is 0 Å². The fraction of sp³-hybridized carbons (Fsp3) is 0.409. The van der Waals surface area contributed by atoms with E-state index in [0.29, 0.717) is 0 Å². The number of halogens is 1. The number of nitrogens with zero attached hydrogens (tertiary/aromatic N) is 2. The molecule has 0 amide bonds. The SMILES string of the molecule is CC(=O)OC1(c2ccc(CN3CCN(c4ccc(F)cc4)CC3)cc2)CC1. The van der Waals surface area contributed by atoms with Gasteiger partial charge in [0.2, 0.25) is 0 Å². The molecule has 0 aromatic heterocycles. The molecule has 27 heavy (non-hydrogen) atoms. The zero-order chi connectivity index (χ0) is 18.9. The number of hydrogen-bond acceptors (Lipinski definition) is 4. The Balaban J connectivity index is 1.31. The van der Waals surface area contributed by atoms with Crippen molar-refractivity contribution >= 4 is 11.7 Å². The normalized spacial score (nSPS) is 19.0. The lowest BCUT2D eigenvalue weighted by Gasteiger charge is -2.36. The van der Waals surface area contributed by atoms with E-state index in [-0.39, 0.29) is 17.4 Å².